The first-order valence-electron chi connectivity index (χ1n) is 4.65. The molecule has 3 nitrogen and oxygen atoms in total. The molecule has 0 amide bonds. The minimum atomic E-state index is -1.03. The van der Waals surface area contributed by atoms with E-state index in [2.05, 4.69) is 6.92 Å². The van der Waals surface area contributed by atoms with E-state index >= 15 is 0 Å². The van der Waals surface area contributed by atoms with Crippen LogP contribution in [0.4, 0.5) is 0 Å². The molecule has 0 rings (SSSR count). The fourth-order valence-electron chi connectivity index (χ4n) is 1.13. The highest BCUT2D eigenvalue weighted by atomic mass is 16.4. The number of aliphatic carboxylic acids is 1. The zero-order chi connectivity index (χ0) is 10.5. The number of Topliss-reactive ketones (excluding diaryl/α,β-unsaturated/α-hetero) is 1. The summed E-state index contributed by atoms with van der Waals surface area (Å²) in [6, 6.07) is 0. The quantitative estimate of drug-likeness (QED) is 0.647. The molecule has 13 heavy (non-hydrogen) atoms. The number of carboxylic acids is 1. The molecule has 0 aromatic carbocycles. The largest absolute Gasteiger partial charge is 0.481 e. The number of unbranched alkanes of at least 4 members (excludes halogenated alkanes) is 1. The smallest absolute Gasteiger partial charge is 0.310 e. The molecule has 0 fully saturated rings. The Morgan fingerprint density at radius 2 is 1.85 bits per heavy atom. The summed E-state index contributed by atoms with van der Waals surface area (Å²) in [6.07, 6.45) is 2.43. The molecular formula is C10H18O3. The fraction of sp³-hybridized carbons (Fsp3) is 0.800. The standard InChI is InChI=1S/C10H18O3/c1-4-5-6-10(2,3)8(11)7-9(12)13/h4-7H2,1-3H3,(H,12,13). The van der Waals surface area contributed by atoms with Crippen LogP contribution >= 0.6 is 0 Å². The van der Waals surface area contributed by atoms with Crippen LogP contribution in [0.25, 0.3) is 0 Å². The van der Waals surface area contributed by atoms with Gasteiger partial charge >= 0.3 is 5.97 Å². The molecule has 0 aliphatic heterocycles. The maximum atomic E-state index is 11.4. The van der Waals surface area contributed by atoms with Crippen LogP contribution in [0.15, 0.2) is 0 Å². The second kappa shape index (κ2) is 5.00. The van der Waals surface area contributed by atoms with E-state index in [0.29, 0.717) is 0 Å². The van der Waals surface area contributed by atoms with E-state index in [1.54, 1.807) is 0 Å². The van der Waals surface area contributed by atoms with E-state index in [1.807, 2.05) is 13.8 Å². The number of hydrogen-bond donors (Lipinski definition) is 1. The third kappa shape index (κ3) is 4.65. The zero-order valence-corrected chi connectivity index (χ0v) is 8.59. The van der Waals surface area contributed by atoms with Gasteiger partial charge in [0.1, 0.15) is 12.2 Å². The number of hydrogen-bond acceptors (Lipinski definition) is 2. The van der Waals surface area contributed by atoms with E-state index in [-0.39, 0.29) is 12.2 Å². The van der Waals surface area contributed by atoms with Crippen molar-refractivity contribution in [3.8, 4) is 0 Å². The van der Waals surface area contributed by atoms with Gasteiger partial charge in [0.25, 0.3) is 0 Å². The summed E-state index contributed by atoms with van der Waals surface area (Å²) in [7, 11) is 0. The Kier molecular flexibility index (Phi) is 4.67. The molecule has 0 aromatic heterocycles. The summed E-state index contributed by atoms with van der Waals surface area (Å²) in [6.45, 7) is 5.68. The predicted octanol–water partition coefficient (Wildman–Crippen LogP) is 2.25. The SMILES string of the molecule is CCCCC(C)(C)C(=O)CC(=O)O. The first kappa shape index (κ1) is 12.1. The maximum Gasteiger partial charge on any atom is 0.310 e. The lowest BCUT2D eigenvalue weighted by Crippen LogP contribution is -2.26. The highest BCUT2D eigenvalue weighted by Gasteiger charge is 2.27. The molecule has 0 unspecified atom stereocenters. The van der Waals surface area contributed by atoms with Gasteiger partial charge in [-0.25, -0.2) is 0 Å². The minimum Gasteiger partial charge on any atom is -0.481 e. The van der Waals surface area contributed by atoms with Crippen LogP contribution in [0.2, 0.25) is 0 Å². The molecule has 1 N–H and O–H groups in total. The van der Waals surface area contributed by atoms with Gasteiger partial charge in [-0.1, -0.05) is 33.6 Å². The first-order valence-corrected chi connectivity index (χ1v) is 4.65. The van der Waals surface area contributed by atoms with Crippen molar-refractivity contribution in [1.29, 1.82) is 0 Å². The number of rotatable bonds is 6. The van der Waals surface area contributed by atoms with Gasteiger partial charge in [0.05, 0.1) is 0 Å². The average Bonchev–Trinajstić information content (AvgIpc) is 1.99. The van der Waals surface area contributed by atoms with Crippen molar-refractivity contribution in [1.82, 2.24) is 0 Å². The first-order chi connectivity index (χ1) is 5.90. The molecule has 76 valence electrons. The monoisotopic (exact) mass is 186 g/mol. The van der Waals surface area contributed by atoms with Crippen molar-refractivity contribution in [3.63, 3.8) is 0 Å². The van der Waals surface area contributed by atoms with Crippen molar-refractivity contribution in [2.75, 3.05) is 0 Å². The maximum absolute atomic E-state index is 11.4. The second-order valence-electron chi connectivity index (χ2n) is 3.98. The average molecular weight is 186 g/mol. The molecule has 0 saturated heterocycles. The molecule has 0 bridgehead atoms. The second-order valence-corrected chi connectivity index (χ2v) is 3.98. The fourth-order valence-corrected chi connectivity index (χ4v) is 1.13. The van der Waals surface area contributed by atoms with Crippen molar-refractivity contribution in [3.05, 3.63) is 0 Å². The molecule has 0 aliphatic rings. The molecule has 0 spiro atoms. The Balaban J connectivity index is 4.10. The molecule has 0 radical (unpaired) electrons. The lowest BCUT2D eigenvalue weighted by Gasteiger charge is -2.21. The molecule has 0 saturated carbocycles. The summed E-state index contributed by atoms with van der Waals surface area (Å²) in [5.74, 6) is -1.21. The van der Waals surface area contributed by atoms with Gasteiger partial charge in [0, 0.05) is 5.41 Å². The van der Waals surface area contributed by atoms with Gasteiger partial charge in [0.15, 0.2) is 0 Å². The van der Waals surface area contributed by atoms with Gasteiger partial charge in [-0.15, -0.1) is 0 Å². The van der Waals surface area contributed by atoms with Crippen LogP contribution in [0.1, 0.15) is 46.5 Å². The van der Waals surface area contributed by atoms with Crippen LogP contribution in [-0.4, -0.2) is 16.9 Å². The van der Waals surface area contributed by atoms with E-state index < -0.39 is 11.4 Å². The summed E-state index contributed by atoms with van der Waals surface area (Å²) in [4.78, 5) is 21.7. The van der Waals surface area contributed by atoms with Gasteiger partial charge < -0.3 is 5.11 Å². The Morgan fingerprint density at radius 3 is 2.23 bits per heavy atom. The number of carboxylic acid groups (broad SMARTS) is 1. The molecule has 0 aliphatic carbocycles. The van der Waals surface area contributed by atoms with Crippen molar-refractivity contribution < 1.29 is 14.7 Å². The third-order valence-electron chi connectivity index (χ3n) is 2.22. The lowest BCUT2D eigenvalue weighted by atomic mass is 9.81. The Labute approximate surface area is 79.1 Å². The van der Waals surface area contributed by atoms with Crippen LogP contribution in [-0.2, 0) is 9.59 Å². The summed E-state index contributed by atoms with van der Waals surface area (Å²) in [5, 5.41) is 8.45. The van der Waals surface area contributed by atoms with Crippen LogP contribution in [0.3, 0.4) is 0 Å². The van der Waals surface area contributed by atoms with Crippen molar-refractivity contribution in [2.24, 2.45) is 5.41 Å². The third-order valence-corrected chi connectivity index (χ3v) is 2.22. The van der Waals surface area contributed by atoms with Crippen LogP contribution < -0.4 is 0 Å². The van der Waals surface area contributed by atoms with Gasteiger partial charge in [-0.05, 0) is 6.42 Å². The highest BCUT2D eigenvalue weighted by Crippen LogP contribution is 2.25. The minimum absolute atomic E-state index is 0.173. The van der Waals surface area contributed by atoms with Gasteiger partial charge in [0.2, 0.25) is 0 Å². The number of ketones is 1. The molecule has 3 heteroatoms. The normalized spacial score (nSPS) is 11.3. The lowest BCUT2D eigenvalue weighted by molar-refractivity contribution is -0.142. The van der Waals surface area contributed by atoms with Crippen LogP contribution in [0, 0.1) is 5.41 Å². The summed E-state index contributed by atoms with van der Waals surface area (Å²) >= 11 is 0. The van der Waals surface area contributed by atoms with Crippen molar-refractivity contribution in [2.45, 2.75) is 46.5 Å². The molecule has 0 atom stereocenters. The number of carbonyl (C=O) groups excluding carboxylic acids is 1. The zero-order valence-electron chi connectivity index (χ0n) is 8.59. The van der Waals surface area contributed by atoms with Crippen LogP contribution in [0.5, 0.6) is 0 Å². The topological polar surface area (TPSA) is 54.4 Å². The summed E-state index contributed by atoms with van der Waals surface area (Å²) < 4.78 is 0. The molecule has 0 heterocycles. The van der Waals surface area contributed by atoms with Gasteiger partial charge in [-0.2, -0.15) is 0 Å². The summed E-state index contributed by atoms with van der Waals surface area (Å²) in [5.41, 5.74) is -0.478. The Hall–Kier alpha value is -0.860. The van der Waals surface area contributed by atoms with E-state index in [1.165, 1.54) is 0 Å². The molecular weight excluding hydrogens is 168 g/mol. The highest BCUT2D eigenvalue weighted by molar-refractivity contribution is 5.97. The van der Waals surface area contributed by atoms with E-state index in [0.717, 1.165) is 19.3 Å². The predicted molar refractivity (Wildman–Crippen MR) is 50.6 cm³/mol. The Morgan fingerprint density at radius 1 is 1.31 bits per heavy atom. The van der Waals surface area contributed by atoms with Gasteiger partial charge in [-0.3, -0.25) is 9.59 Å². The van der Waals surface area contributed by atoms with E-state index in [9.17, 15) is 9.59 Å². The van der Waals surface area contributed by atoms with Crippen molar-refractivity contribution >= 4 is 11.8 Å². The van der Waals surface area contributed by atoms with E-state index in [4.69, 9.17) is 5.11 Å². The Bertz CT molecular complexity index is 194. The number of carbonyl (C=O) groups is 2. The molecule has 0 aromatic rings.